The van der Waals surface area contributed by atoms with E-state index in [1.54, 1.807) is 43.4 Å². The van der Waals surface area contributed by atoms with Crippen LogP contribution in [-0.4, -0.2) is 25.4 Å². The molecule has 0 heterocycles. The van der Waals surface area contributed by atoms with Gasteiger partial charge < -0.3 is 16.0 Å². The van der Waals surface area contributed by atoms with Gasteiger partial charge in [-0.1, -0.05) is 32.0 Å². The van der Waals surface area contributed by atoms with E-state index in [1.807, 2.05) is 5.32 Å². The van der Waals surface area contributed by atoms with Crippen LogP contribution >= 0.6 is 0 Å². The summed E-state index contributed by atoms with van der Waals surface area (Å²) in [6.45, 7) is 4.36. The van der Waals surface area contributed by atoms with Crippen LogP contribution in [0.25, 0.3) is 0 Å². The maximum Gasteiger partial charge on any atom is 0.279 e. The van der Waals surface area contributed by atoms with Crippen LogP contribution in [0.1, 0.15) is 35.8 Å². The molecule has 0 unspecified atom stereocenters. The molecule has 5 nitrogen and oxygen atoms in total. The number of amides is 2. The smallest absolute Gasteiger partial charge is 0.279 e. The van der Waals surface area contributed by atoms with E-state index in [2.05, 4.69) is 24.5 Å². The summed E-state index contributed by atoms with van der Waals surface area (Å²) in [5, 5.41) is 7.30. The molecule has 2 aromatic rings. The van der Waals surface area contributed by atoms with Crippen molar-refractivity contribution in [3.63, 3.8) is 0 Å². The zero-order valence-electron chi connectivity index (χ0n) is 15.3. The summed E-state index contributed by atoms with van der Waals surface area (Å²) in [6, 6.07) is 13.2. The second-order valence-electron chi connectivity index (χ2n) is 6.47. The molecule has 26 heavy (non-hydrogen) atoms. The van der Waals surface area contributed by atoms with Gasteiger partial charge >= 0.3 is 0 Å². The van der Waals surface area contributed by atoms with E-state index in [1.165, 1.54) is 12.1 Å². The number of carbonyl (C=O) groups excluding carboxylic acids is 2. The number of quaternary nitrogens is 1. The third-order valence-corrected chi connectivity index (χ3v) is 4.17. The maximum atomic E-state index is 13.1. The zero-order chi connectivity index (χ0) is 19.1. The predicted octanol–water partition coefficient (Wildman–Crippen LogP) is 2.08. The Kier molecular flexibility index (Phi) is 6.86. The Hall–Kier alpha value is -2.73. The fourth-order valence-electron chi connectivity index (χ4n) is 2.81. The molecule has 138 valence electrons. The number of rotatable bonds is 7. The number of nitrogens with one attached hydrogen (secondary N) is 2. The maximum absolute atomic E-state index is 13.1. The van der Waals surface area contributed by atoms with E-state index in [0.29, 0.717) is 11.3 Å². The van der Waals surface area contributed by atoms with Crippen molar-refractivity contribution >= 4 is 17.5 Å². The number of anilines is 1. The molecule has 0 aliphatic carbocycles. The largest absolute Gasteiger partial charge is 0.355 e. The monoisotopic (exact) mass is 358 g/mol. The van der Waals surface area contributed by atoms with Crippen LogP contribution in [0.3, 0.4) is 0 Å². The second-order valence-corrected chi connectivity index (χ2v) is 6.47. The average molecular weight is 358 g/mol. The molecule has 0 aromatic heterocycles. The Morgan fingerprint density at radius 1 is 1.12 bits per heavy atom. The number of hydrogen-bond acceptors (Lipinski definition) is 2. The van der Waals surface area contributed by atoms with Gasteiger partial charge in [-0.15, -0.1) is 0 Å². The van der Waals surface area contributed by atoms with Crippen molar-refractivity contribution in [3.05, 3.63) is 65.5 Å². The highest BCUT2D eigenvalue weighted by Crippen LogP contribution is 2.18. The van der Waals surface area contributed by atoms with Crippen molar-refractivity contribution in [3.8, 4) is 0 Å². The summed E-state index contributed by atoms with van der Waals surface area (Å²) < 4.78 is 13.1. The van der Waals surface area contributed by atoms with Gasteiger partial charge in [0.1, 0.15) is 11.9 Å². The first-order valence-corrected chi connectivity index (χ1v) is 8.61. The molecule has 4 N–H and O–H groups in total. The molecule has 0 bridgehead atoms. The van der Waals surface area contributed by atoms with E-state index in [0.717, 1.165) is 5.56 Å². The number of benzene rings is 2. The van der Waals surface area contributed by atoms with Gasteiger partial charge in [-0.05, 0) is 30.3 Å². The van der Waals surface area contributed by atoms with Crippen LogP contribution in [0.5, 0.6) is 0 Å². The summed E-state index contributed by atoms with van der Waals surface area (Å²) in [5.74, 6) is -0.356. The van der Waals surface area contributed by atoms with E-state index in [9.17, 15) is 14.0 Å². The molecule has 0 saturated heterocycles. The molecule has 0 radical (unpaired) electrons. The summed E-state index contributed by atoms with van der Waals surface area (Å²) >= 11 is 0. The van der Waals surface area contributed by atoms with Gasteiger partial charge in [0, 0.05) is 29.8 Å². The molecule has 2 aromatic carbocycles. The number of hydrogen-bond donors (Lipinski definition) is 3. The molecule has 0 aliphatic rings. The van der Waals surface area contributed by atoms with Crippen molar-refractivity contribution in [1.82, 2.24) is 5.32 Å². The van der Waals surface area contributed by atoms with Crippen LogP contribution in [-0.2, 0) is 4.79 Å². The molecule has 2 rings (SSSR count). The van der Waals surface area contributed by atoms with E-state index in [-0.39, 0.29) is 36.1 Å². The predicted molar refractivity (Wildman–Crippen MR) is 99.2 cm³/mol. The lowest BCUT2D eigenvalue weighted by Gasteiger charge is -2.19. The van der Waals surface area contributed by atoms with Crippen molar-refractivity contribution < 1.29 is 19.3 Å². The third-order valence-electron chi connectivity index (χ3n) is 4.17. The highest BCUT2D eigenvalue weighted by Gasteiger charge is 2.20. The molecular weight excluding hydrogens is 333 g/mol. The lowest BCUT2D eigenvalue weighted by atomic mass is 9.96. The van der Waals surface area contributed by atoms with Gasteiger partial charge in [-0.25, -0.2) is 4.39 Å². The summed E-state index contributed by atoms with van der Waals surface area (Å²) in [6.07, 6.45) is 0. The minimum absolute atomic E-state index is 0.0542. The molecule has 0 fully saturated rings. The van der Waals surface area contributed by atoms with Crippen molar-refractivity contribution in [1.29, 1.82) is 0 Å². The lowest BCUT2D eigenvalue weighted by molar-refractivity contribution is -0.692. The normalized spacial score (nSPS) is 11.9. The van der Waals surface area contributed by atoms with Crippen molar-refractivity contribution in [2.45, 2.75) is 19.9 Å². The SMILES string of the molecule is CNC(=O)c1cccc(NC(=O)C[NH2+][C@H](c2ccc(F)cc2)C(C)C)c1. The summed E-state index contributed by atoms with van der Waals surface area (Å²) in [5.41, 5.74) is 2.05. The Balaban J connectivity index is 1.98. The van der Waals surface area contributed by atoms with Crippen LogP contribution in [0.15, 0.2) is 48.5 Å². The van der Waals surface area contributed by atoms with Crippen LogP contribution in [0.2, 0.25) is 0 Å². The summed E-state index contributed by atoms with van der Waals surface area (Å²) in [7, 11) is 1.56. The Morgan fingerprint density at radius 3 is 2.42 bits per heavy atom. The van der Waals surface area contributed by atoms with Gasteiger partial charge in [0.2, 0.25) is 0 Å². The first-order valence-electron chi connectivity index (χ1n) is 8.61. The molecule has 0 spiro atoms. The summed E-state index contributed by atoms with van der Waals surface area (Å²) in [4.78, 5) is 23.9. The minimum Gasteiger partial charge on any atom is -0.355 e. The molecule has 1 atom stereocenters. The van der Waals surface area contributed by atoms with E-state index >= 15 is 0 Å². The highest BCUT2D eigenvalue weighted by molar-refractivity contribution is 5.97. The quantitative estimate of drug-likeness (QED) is 0.709. The molecule has 0 aliphatic heterocycles. The van der Waals surface area contributed by atoms with E-state index < -0.39 is 0 Å². The Morgan fingerprint density at radius 2 is 1.81 bits per heavy atom. The second kappa shape index (κ2) is 9.10. The lowest BCUT2D eigenvalue weighted by Crippen LogP contribution is -2.88. The van der Waals surface area contributed by atoms with Gasteiger partial charge in [-0.2, -0.15) is 0 Å². The third kappa shape index (κ3) is 5.39. The topological polar surface area (TPSA) is 74.8 Å². The highest BCUT2D eigenvalue weighted by atomic mass is 19.1. The number of nitrogens with two attached hydrogens (primary N) is 1. The fraction of sp³-hybridized carbons (Fsp3) is 0.300. The standard InChI is InChI=1S/C20H24FN3O2/c1-13(2)19(14-7-9-16(21)10-8-14)23-12-18(25)24-17-6-4-5-15(11-17)20(26)22-3/h4-11,13,19,23H,12H2,1-3H3,(H,22,26)(H,24,25)/p+1/t19-/m0/s1. The van der Waals surface area contributed by atoms with Crippen LogP contribution < -0.4 is 16.0 Å². The zero-order valence-corrected chi connectivity index (χ0v) is 15.3. The minimum atomic E-state index is -0.273. The van der Waals surface area contributed by atoms with Gasteiger partial charge in [0.25, 0.3) is 11.8 Å². The molecule has 6 heteroatoms. The van der Waals surface area contributed by atoms with Crippen molar-refractivity contribution in [2.75, 3.05) is 18.9 Å². The van der Waals surface area contributed by atoms with E-state index in [4.69, 9.17) is 0 Å². The van der Waals surface area contributed by atoms with Gasteiger partial charge in [0.15, 0.2) is 6.54 Å². The fourth-order valence-corrected chi connectivity index (χ4v) is 2.81. The first kappa shape index (κ1) is 19.6. The van der Waals surface area contributed by atoms with Crippen LogP contribution in [0, 0.1) is 11.7 Å². The molecule has 0 saturated carbocycles. The average Bonchev–Trinajstić information content (AvgIpc) is 2.62. The van der Waals surface area contributed by atoms with Gasteiger partial charge in [-0.3, -0.25) is 9.59 Å². The number of carbonyl (C=O) groups is 2. The van der Waals surface area contributed by atoms with Crippen LogP contribution in [0.4, 0.5) is 10.1 Å². The molecule has 2 amide bonds. The van der Waals surface area contributed by atoms with Crippen molar-refractivity contribution in [2.24, 2.45) is 5.92 Å². The first-order chi connectivity index (χ1) is 12.4. The number of halogens is 1. The molecular formula is C20H25FN3O2+. The van der Waals surface area contributed by atoms with Gasteiger partial charge in [0.05, 0.1) is 0 Å². The Labute approximate surface area is 153 Å². The Bertz CT molecular complexity index is 760.